The minimum absolute atomic E-state index is 0.104. The van der Waals surface area contributed by atoms with Gasteiger partial charge < -0.3 is 19.5 Å². The van der Waals surface area contributed by atoms with Gasteiger partial charge in [-0.1, -0.05) is 30.3 Å². The Morgan fingerprint density at radius 2 is 2.14 bits per heavy atom. The summed E-state index contributed by atoms with van der Waals surface area (Å²) < 4.78 is 10.7. The average molecular weight is 293 g/mol. The highest BCUT2D eigenvalue weighted by Crippen LogP contribution is 2.21. The van der Waals surface area contributed by atoms with Crippen molar-refractivity contribution in [2.24, 2.45) is 0 Å². The van der Waals surface area contributed by atoms with Crippen LogP contribution in [0.1, 0.15) is 18.1 Å². The summed E-state index contributed by atoms with van der Waals surface area (Å²) >= 11 is 0. The number of carbonyl (C=O) groups excluding carboxylic acids is 1. The fourth-order valence-electron chi connectivity index (χ4n) is 2.41. The SMILES string of the molecule is CO[C@H](C(=O)N1CCO[C@@H](CC(=O)O)C1)c1ccccc1. The lowest BCUT2D eigenvalue weighted by Crippen LogP contribution is -2.48. The normalized spacial score (nSPS) is 20.0. The third kappa shape index (κ3) is 4.03. The van der Waals surface area contributed by atoms with Gasteiger partial charge in [-0.05, 0) is 5.56 Å². The van der Waals surface area contributed by atoms with Crippen LogP contribution in [0.4, 0.5) is 0 Å². The number of rotatable bonds is 5. The molecule has 2 rings (SSSR count). The molecular weight excluding hydrogens is 274 g/mol. The lowest BCUT2D eigenvalue weighted by Gasteiger charge is -2.34. The lowest BCUT2D eigenvalue weighted by molar-refractivity contribution is -0.154. The van der Waals surface area contributed by atoms with E-state index in [2.05, 4.69) is 0 Å². The summed E-state index contributed by atoms with van der Waals surface area (Å²) in [6.07, 6.45) is -1.24. The van der Waals surface area contributed by atoms with E-state index >= 15 is 0 Å². The molecule has 1 saturated heterocycles. The van der Waals surface area contributed by atoms with Crippen molar-refractivity contribution in [2.75, 3.05) is 26.8 Å². The number of methoxy groups -OCH3 is 1. The summed E-state index contributed by atoms with van der Waals surface area (Å²) in [6, 6.07) is 9.24. The van der Waals surface area contributed by atoms with Gasteiger partial charge in [0.1, 0.15) is 0 Å². The fourth-order valence-corrected chi connectivity index (χ4v) is 2.41. The van der Waals surface area contributed by atoms with E-state index in [-0.39, 0.29) is 18.9 Å². The predicted octanol–water partition coefficient (Wildman–Crippen LogP) is 1.08. The quantitative estimate of drug-likeness (QED) is 0.879. The van der Waals surface area contributed by atoms with Crippen molar-refractivity contribution in [3.63, 3.8) is 0 Å². The Balaban J connectivity index is 2.05. The summed E-state index contributed by atoms with van der Waals surface area (Å²) in [4.78, 5) is 24.9. The number of ether oxygens (including phenoxy) is 2. The number of amides is 1. The monoisotopic (exact) mass is 293 g/mol. The topological polar surface area (TPSA) is 76.1 Å². The fraction of sp³-hybridized carbons (Fsp3) is 0.467. The van der Waals surface area contributed by atoms with Crippen molar-refractivity contribution in [1.82, 2.24) is 4.90 Å². The van der Waals surface area contributed by atoms with E-state index in [0.717, 1.165) is 5.56 Å². The first-order chi connectivity index (χ1) is 10.1. The van der Waals surface area contributed by atoms with Crippen molar-refractivity contribution in [3.05, 3.63) is 35.9 Å². The summed E-state index contributed by atoms with van der Waals surface area (Å²) in [7, 11) is 1.49. The van der Waals surface area contributed by atoms with Crippen LogP contribution < -0.4 is 0 Å². The summed E-state index contributed by atoms with van der Waals surface area (Å²) in [5.41, 5.74) is 0.784. The minimum Gasteiger partial charge on any atom is -0.481 e. The highest BCUT2D eigenvalue weighted by molar-refractivity contribution is 5.82. The third-order valence-corrected chi connectivity index (χ3v) is 3.42. The largest absolute Gasteiger partial charge is 0.481 e. The van der Waals surface area contributed by atoms with Crippen LogP contribution in [-0.2, 0) is 19.1 Å². The average Bonchev–Trinajstić information content (AvgIpc) is 2.48. The molecule has 1 N–H and O–H groups in total. The van der Waals surface area contributed by atoms with Gasteiger partial charge in [0.2, 0.25) is 0 Å². The molecule has 1 fully saturated rings. The number of aliphatic carboxylic acids is 1. The molecule has 2 atom stereocenters. The Kier molecular flexibility index (Phi) is 5.30. The summed E-state index contributed by atoms with van der Waals surface area (Å²) in [5, 5.41) is 8.82. The molecule has 0 spiro atoms. The molecule has 1 aromatic carbocycles. The van der Waals surface area contributed by atoms with Crippen molar-refractivity contribution >= 4 is 11.9 Å². The molecule has 0 aromatic heterocycles. The second-order valence-corrected chi connectivity index (χ2v) is 4.90. The van der Waals surface area contributed by atoms with Gasteiger partial charge in [0.25, 0.3) is 5.91 Å². The maximum atomic E-state index is 12.6. The van der Waals surface area contributed by atoms with Crippen LogP contribution in [0.15, 0.2) is 30.3 Å². The van der Waals surface area contributed by atoms with Gasteiger partial charge in [-0.3, -0.25) is 9.59 Å². The number of nitrogens with zero attached hydrogens (tertiary/aromatic N) is 1. The van der Waals surface area contributed by atoms with E-state index in [1.807, 2.05) is 30.3 Å². The molecule has 21 heavy (non-hydrogen) atoms. The highest BCUT2D eigenvalue weighted by Gasteiger charge is 2.31. The molecule has 1 aliphatic rings. The van der Waals surface area contributed by atoms with Crippen molar-refractivity contribution in [3.8, 4) is 0 Å². The van der Waals surface area contributed by atoms with Crippen molar-refractivity contribution in [2.45, 2.75) is 18.6 Å². The van der Waals surface area contributed by atoms with E-state index < -0.39 is 18.2 Å². The van der Waals surface area contributed by atoms with Crippen LogP contribution in [0.3, 0.4) is 0 Å². The van der Waals surface area contributed by atoms with Crippen LogP contribution >= 0.6 is 0 Å². The van der Waals surface area contributed by atoms with Gasteiger partial charge in [0.15, 0.2) is 6.10 Å². The van der Waals surface area contributed by atoms with Crippen LogP contribution in [-0.4, -0.2) is 54.8 Å². The zero-order chi connectivity index (χ0) is 15.2. The maximum Gasteiger partial charge on any atom is 0.306 e. The molecule has 1 aromatic rings. The molecule has 0 bridgehead atoms. The van der Waals surface area contributed by atoms with E-state index in [1.54, 1.807) is 4.90 Å². The van der Waals surface area contributed by atoms with Crippen molar-refractivity contribution < 1.29 is 24.2 Å². The molecule has 1 amide bonds. The lowest BCUT2D eigenvalue weighted by atomic mass is 10.1. The third-order valence-electron chi connectivity index (χ3n) is 3.42. The predicted molar refractivity (Wildman–Crippen MR) is 74.8 cm³/mol. The van der Waals surface area contributed by atoms with E-state index in [4.69, 9.17) is 14.6 Å². The molecule has 0 radical (unpaired) electrons. The number of hydrogen-bond acceptors (Lipinski definition) is 4. The Morgan fingerprint density at radius 1 is 1.43 bits per heavy atom. The molecule has 114 valence electrons. The van der Waals surface area contributed by atoms with Gasteiger partial charge in [0, 0.05) is 20.2 Å². The first kappa shape index (κ1) is 15.5. The van der Waals surface area contributed by atoms with E-state index in [9.17, 15) is 9.59 Å². The first-order valence-corrected chi connectivity index (χ1v) is 6.81. The summed E-state index contributed by atoms with van der Waals surface area (Å²) in [5.74, 6) is -1.09. The molecule has 0 saturated carbocycles. The Morgan fingerprint density at radius 3 is 2.76 bits per heavy atom. The van der Waals surface area contributed by atoms with Crippen LogP contribution in [0.2, 0.25) is 0 Å². The molecule has 1 heterocycles. The number of carboxylic acids is 1. The molecule has 1 aliphatic heterocycles. The second-order valence-electron chi connectivity index (χ2n) is 4.90. The second kappa shape index (κ2) is 7.19. The molecule has 0 unspecified atom stereocenters. The number of hydrogen-bond donors (Lipinski definition) is 1. The number of carbonyl (C=O) groups is 2. The van der Waals surface area contributed by atoms with Gasteiger partial charge >= 0.3 is 5.97 Å². The van der Waals surface area contributed by atoms with Crippen molar-refractivity contribution in [1.29, 1.82) is 0 Å². The summed E-state index contributed by atoms with van der Waals surface area (Å²) in [6.45, 7) is 1.06. The zero-order valence-electron chi connectivity index (χ0n) is 11.9. The number of morpholine rings is 1. The smallest absolute Gasteiger partial charge is 0.306 e. The van der Waals surface area contributed by atoms with E-state index in [0.29, 0.717) is 13.2 Å². The Hall–Kier alpha value is -1.92. The maximum absolute atomic E-state index is 12.6. The van der Waals surface area contributed by atoms with Crippen LogP contribution in [0, 0.1) is 0 Å². The van der Waals surface area contributed by atoms with Gasteiger partial charge in [0.05, 0.1) is 19.1 Å². The van der Waals surface area contributed by atoms with Gasteiger partial charge in [-0.2, -0.15) is 0 Å². The Labute approximate surface area is 123 Å². The molecule has 6 heteroatoms. The number of carboxylic acid groups (broad SMARTS) is 1. The zero-order valence-corrected chi connectivity index (χ0v) is 11.9. The first-order valence-electron chi connectivity index (χ1n) is 6.81. The molecular formula is C15H19NO5. The van der Waals surface area contributed by atoms with E-state index in [1.165, 1.54) is 7.11 Å². The molecule has 6 nitrogen and oxygen atoms in total. The standard InChI is InChI=1S/C15H19NO5/c1-20-14(11-5-3-2-4-6-11)15(19)16-7-8-21-12(10-16)9-13(17)18/h2-6,12,14H,7-10H2,1H3,(H,17,18)/t12-,14-/m0/s1. The van der Waals surface area contributed by atoms with Crippen LogP contribution in [0.5, 0.6) is 0 Å². The highest BCUT2D eigenvalue weighted by atomic mass is 16.5. The Bertz CT molecular complexity index is 490. The number of benzene rings is 1. The molecule has 0 aliphatic carbocycles. The minimum atomic E-state index is -0.930. The van der Waals surface area contributed by atoms with Gasteiger partial charge in [-0.25, -0.2) is 0 Å². The van der Waals surface area contributed by atoms with Gasteiger partial charge in [-0.15, -0.1) is 0 Å². The van der Waals surface area contributed by atoms with Crippen LogP contribution in [0.25, 0.3) is 0 Å².